The molecule has 1 N–H and O–H groups in total. The van der Waals surface area contributed by atoms with Gasteiger partial charge < -0.3 is 24.4 Å². The molecule has 2 saturated heterocycles. The Bertz CT molecular complexity index is 1460. The van der Waals surface area contributed by atoms with Crippen molar-refractivity contribution in [3.8, 4) is 11.7 Å². The molecule has 3 fully saturated rings. The largest absolute Gasteiger partial charge is 0.474 e. The van der Waals surface area contributed by atoms with E-state index < -0.39 is 24.4 Å². The Hall–Kier alpha value is -4.07. The molecule has 6 rings (SSSR count). The van der Waals surface area contributed by atoms with Gasteiger partial charge in [-0.1, -0.05) is 12.1 Å². The third-order valence-electron chi connectivity index (χ3n) is 8.33. The number of carboxylic acid groups (broad SMARTS) is 1. The number of alkyl halides is 2. The molecule has 2 aliphatic heterocycles. The number of carbonyl (C=O) groups excluding carboxylic acids is 1. The van der Waals surface area contributed by atoms with Gasteiger partial charge in [0.1, 0.15) is 18.0 Å². The summed E-state index contributed by atoms with van der Waals surface area (Å²) in [6.07, 6.45) is -0.904. The van der Waals surface area contributed by atoms with Crippen LogP contribution in [0.2, 0.25) is 0 Å². The molecule has 42 heavy (non-hydrogen) atoms. The number of nitrogens with zero attached hydrogens (tertiary/aromatic N) is 7. The van der Waals surface area contributed by atoms with E-state index in [1.807, 2.05) is 4.90 Å². The summed E-state index contributed by atoms with van der Waals surface area (Å²) < 4.78 is 41.4. The monoisotopic (exact) mass is 585 g/mol. The fourth-order valence-electron chi connectivity index (χ4n) is 6.10. The molecule has 0 unspecified atom stereocenters. The molecule has 12 nitrogen and oxygen atoms in total. The van der Waals surface area contributed by atoms with Crippen LogP contribution < -0.4 is 9.64 Å². The average Bonchev–Trinajstić information content (AvgIpc) is 3.58. The molecule has 2 aromatic heterocycles. The molecule has 224 valence electrons. The molecule has 0 bridgehead atoms. The summed E-state index contributed by atoms with van der Waals surface area (Å²) in [5.74, 6) is 0.339. The van der Waals surface area contributed by atoms with Crippen molar-refractivity contribution in [1.82, 2.24) is 29.3 Å². The van der Waals surface area contributed by atoms with E-state index in [0.29, 0.717) is 81.9 Å². The van der Waals surface area contributed by atoms with Crippen LogP contribution in [0.15, 0.2) is 30.3 Å². The standard InChI is InChI=1S/C28H33F2N7O5/c1-34(28(39)40)21-10-11-36(26(21)38)17-6-8-18(9-7-17)42-23-16-22(32-27(33-23)35-12-14-41-15-13-35)37-20-5-3-2-4-19(20)31-25(37)24(29)30/h2-5,16-18,21,24H,6-15H2,1H3,(H,39,40)/t17?,18?,21-/m0/s1. The van der Waals surface area contributed by atoms with Crippen LogP contribution >= 0.6 is 0 Å². The number of hydrogen-bond donors (Lipinski definition) is 1. The third-order valence-corrected chi connectivity index (χ3v) is 8.33. The lowest BCUT2D eigenvalue weighted by atomic mass is 9.92. The minimum Gasteiger partial charge on any atom is -0.474 e. The first-order valence-corrected chi connectivity index (χ1v) is 14.2. The quantitative estimate of drug-likeness (QED) is 0.443. The third kappa shape index (κ3) is 5.42. The fraction of sp³-hybridized carbons (Fsp3) is 0.536. The lowest BCUT2D eigenvalue weighted by Gasteiger charge is -2.35. The Kier molecular flexibility index (Phi) is 7.80. The zero-order valence-corrected chi connectivity index (χ0v) is 23.2. The van der Waals surface area contributed by atoms with Gasteiger partial charge in [0.15, 0.2) is 5.82 Å². The maximum Gasteiger partial charge on any atom is 0.407 e. The second kappa shape index (κ2) is 11.7. The van der Waals surface area contributed by atoms with E-state index in [2.05, 4.69) is 15.0 Å². The zero-order chi connectivity index (χ0) is 29.4. The predicted molar refractivity (Wildman–Crippen MR) is 147 cm³/mol. The molecule has 1 atom stereocenters. The number of fused-ring (bicyclic) bond motifs is 1. The van der Waals surface area contributed by atoms with Gasteiger partial charge in [-0.2, -0.15) is 9.97 Å². The maximum absolute atomic E-state index is 14.1. The molecule has 1 saturated carbocycles. The first-order valence-electron chi connectivity index (χ1n) is 14.2. The highest BCUT2D eigenvalue weighted by Gasteiger charge is 2.41. The number of carbonyl (C=O) groups is 2. The highest BCUT2D eigenvalue weighted by atomic mass is 19.3. The summed E-state index contributed by atoms with van der Waals surface area (Å²) in [5.41, 5.74) is 0.946. The number of benzene rings is 1. The van der Waals surface area contributed by atoms with Crippen molar-refractivity contribution < 1.29 is 33.0 Å². The molecule has 2 amide bonds. The van der Waals surface area contributed by atoms with Crippen LogP contribution in [0.25, 0.3) is 16.9 Å². The Morgan fingerprint density at radius 1 is 1.07 bits per heavy atom. The fourth-order valence-corrected chi connectivity index (χ4v) is 6.10. The maximum atomic E-state index is 14.1. The van der Waals surface area contributed by atoms with E-state index in [-0.39, 0.29) is 29.8 Å². The second-order valence-corrected chi connectivity index (χ2v) is 10.8. The van der Waals surface area contributed by atoms with Gasteiger partial charge >= 0.3 is 6.09 Å². The number of anilines is 1. The molecule has 0 radical (unpaired) electrons. The van der Waals surface area contributed by atoms with Crippen LogP contribution in [0.5, 0.6) is 5.88 Å². The van der Waals surface area contributed by atoms with Crippen molar-refractivity contribution in [1.29, 1.82) is 0 Å². The predicted octanol–water partition coefficient (Wildman–Crippen LogP) is 3.49. The number of imidazole rings is 1. The van der Waals surface area contributed by atoms with Crippen LogP contribution in [0.3, 0.4) is 0 Å². The SMILES string of the molecule is CN(C(=O)O)[C@H]1CCN(C2CCC(Oc3cc(-n4c(C(F)F)nc5ccccc54)nc(N4CCOCC4)n3)CC2)C1=O. The van der Waals surface area contributed by atoms with E-state index in [1.165, 1.54) is 11.6 Å². The summed E-state index contributed by atoms with van der Waals surface area (Å²) >= 11 is 0. The topological polar surface area (TPSA) is 126 Å². The Morgan fingerprint density at radius 2 is 1.81 bits per heavy atom. The number of likely N-dealkylation sites (tertiary alicyclic amines) is 1. The Morgan fingerprint density at radius 3 is 2.52 bits per heavy atom. The van der Waals surface area contributed by atoms with E-state index in [0.717, 1.165) is 4.90 Å². The lowest BCUT2D eigenvalue weighted by Crippen LogP contribution is -2.46. The smallest absolute Gasteiger partial charge is 0.407 e. The number of amides is 2. The van der Waals surface area contributed by atoms with Gasteiger partial charge in [-0.05, 0) is 44.2 Å². The van der Waals surface area contributed by atoms with Gasteiger partial charge in [-0.15, -0.1) is 0 Å². The molecular weight excluding hydrogens is 552 g/mol. The van der Waals surface area contributed by atoms with Crippen LogP contribution in [0, 0.1) is 0 Å². The molecule has 3 aromatic rings. The number of para-hydroxylation sites is 2. The van der Waals surface area contributed by atoms with Gasteiger partial charge in [0, 0.05) is 38.8 Å². The van der Waals surface area contributed by atoms with Gasteiger partial charge in [0.25, 0.3) is 6.43 Å². The molecular formula is C28H33F2N7O5. The summed E-state index contributed by atoms with van der Waals surface area (Å²) in [5, 5.41) is 9.29. The number of aromatic nitrogens is 4. The molecule has 1 aromatic carbocycles. The van der Waals surface area contributed by atoms with E-state index in [4.69, 9.17) is 9.47 Å². The number of halogens is 2. The van der Waals surface area contributed by atoms with Crippen molar-refractivity contribution in [3.63, 3.8) is 0 Å². The zero-order valence-electron chi connectivity index (χ0n) is 23.2. The summed E-state index contributed by atoms with van der Waals surface area (Å²) in [4.78, 5) is 42.6. The van der Waals surface area contributed by atoms with Gasteiger partial charge in [0.2, 0.25) is 17.7 Å². The van der Waals surface area contributed by atoms with E-state index in [9.17, 15) is 23.5 Å². The summed E-state index contributed by atoms with van der Waals surface area (Å²) in [7, 11) is 1.43. The van der Waals surface area contributed by atoms with E-state index in [1.54, 1.807) is 35.2 Å². The van der Waals surface area contributed by atoms with Crippen molar-refractivity contribution in [2.75, 3.05) is 44.8 Å². The van der Waals surface area contributed by atoms with Crippen LogP contribution in [0.4, 0.5) is 19.5 Å². The summed E-state index contributed by atoms with van der Waals surface area (Å²) in [6.45, 7) is 2.65. The minimum absolute atomic E-state index is 0.0142. The second-order valence-electron chi connectivity index (χ2n) is 10.8. The first kappa shape index (κ1) is 28.1. The van der Waals surface area contributed by atoms with Gasteiger partial charge in [-0.3, -0.25) is 14.3 Å². The normalized spacial score (nSPS) is 23.1. The number of ether oxygens (including phenoxy) is 2. The van der Waals surface area contributed by atoms with Gasteiger partial charge in [-0.25, -0.2) is 18.6 Å². The number of likely N-dealkylation sites (N-methyl/N-ethyl adjacent to an activating group) is 1. The van der Waals surface area contributed by atoms with Crippen molar-refractivity contribution >= 4 is 29.0 Å². The van der Waals surface area contributed by atoms with Crippen molar-refractivity contribution in [3.05, 3.63) is 36.2 Å². The number of morpholine rings is 1. The minimum atomic E-state index is -2.82. The van der Waals surface area contributed by atoms with Crippen LogP contribution in [-0.4, -0.2) is 105 Å². The number of rotatable bonds is 7. The first-order chi connectivity index (χ1) is 20.3. The molecule has 1 aliphatic carbocycles. The molecule has 14 heteroatoms. The van der Waals surface area contributed by atoms with Crippen molar-refractivity contribution in [2.24, 2.45) is 0 Å². The highest BCUT2D eigenvalue weighted by molar-refractivity contribution is 5.87. The van der Waals surface area contributed by atoms with Crippen LogP contribution in [0.1, 0.15) is 44.4 Å². The number of hydrogen-bond acceptors (Lipinski definition) is 8. The van der Waals surface area contributed by atoms with Gasteiger partial charge in [0.05, 0.1) is 24.2 Å². The van der Waals surface area contributed by atoms with E-state index >= 15 is 0 Å². The Balaban J connectivity index is 1.23. The molecule has 3 aliphatic rings. The van der Waals surface area contributed by atoms with Crippen molar-refractivity contribution in [2.45, 2.75) is 56.7 Å². The molecule has 0 spiro atoms. The lowest BCUT2D eigenvalue weighted by molar-refractivity contribution is -0.134. The molecule has 4 heterocycles. The van der Waals surface area contributed by atoms with Crippen LogP contribution in [-0.2, 0) is 9.53 Å². The Labute approximate surface area is 240 Å². The summed E-state index contributed by atoms with van der Waals surface area (Å²) in [6, 6.07) is 7.87. The average molecular weight is 586 g/mol. The highest BCUT2D eigenvalue weighted by Crippen LogP contribution is 2.33.